The van der Waals surface area contributed by atoms with Crippen molar-refractivity contribution in [1.82, 2.24) is 5.32 Å². The van der Waals surface area contributed by atoms with Gasteiger partial charge in [0.25, 0.3) is 0 Å². The van der Waals surface area contributed by atoms with Crippen LogP contribution in [0.5, 0.6) is 0 Å². The lowest BCUT2D eigenvalue weighted by atomic mass is 10.1. The second-order valence-electron chi connectivity index (χ2n) is 2.38. The maximum absolute atomic E-state index is 10.4. The van der Waals surface area contributed by atoms with Gasteiger partial charge in [-0.1, -0.05) is 6.92 Å². The minimum Gasteiger partial charge on any atom is -0.481 e. The molecule has 0 aromatic heterocycles. The number of nitrogens with one attached hydrogen (secondary N) is 1. The van der Waals surface area contributed by atoms with Gasteiger partial charge in [0.2, 0.25) is 0 Å². The van der Waals surface area contributed by atoms with Crippen molar-refractivity contribution < 1.29 is 19.8 Å². The molecule has 0 aliphatic heterocycles. The molecule has 0 aromatic rings. The van der Waals surface area contributed by atoms with E-state index in [2.05, 4.69) is 5.32 Å². The van der Waals surface area contributed by atoms with Crippen LogP contribution in [0.15, 0.2) is 0 Å². The molecule has 1 atom stereocenters. The molecule has 0 heterocycles. The number of rotatable bonds is 6. The second-order valence-corrected chi connectivity index (χ2v) is 2.38. The summed E-state index contributed by atoms with van der Waals surface area (Å²) in [5.41, 5.74) is 0. The number of hydrogen-bond acceptors (Lipinski definition) is 3. The van der Waals surface area contributed by atoms with E-state index in [0.717, 1.165) is 0 Å². The molecule has 5 nitrogen and oxygen atoms in total. The van der Waals surface area contributed by atoms with Crippen LogP contribution in [0.25, 0.3) is 0 Å². The van der Waals surface area contributed by atoms with Crippen molar-refractivity contribution in [2.24, 2.45) is 0 Å². The van der Waals surface area contributed by atoms with Crippen molar-refractivity contribution in [2.45, 2.75) is 25.8 Å². The molecule has 0 spiro atoms. The maximum atomic E-state index is 10.4. The summed E-state index contributed by atoms with van der Waals surface area (Å²) in [5, 5.41) is 19.5. The Morgan fingerprint density at radius 1 is 1.38 bits per heavy atom. The van der Waals surface area contributed by atoms with Gasteiger partial charge in [-0.15, -0.1) is 0 Å². The lowest BCUT2D eigenvalue weighted by molar-refractivity contribution is -0.140. The third kappa shape index (κ3) is 7.61. The topological polar surface area (TPSA) is 86.6 Å². The molecule has 0 aliphatic carbocycles. The highest BCUT2D eigenvalue weighted by Crippen LogP contribution is 1.97. The summed E-state index contributed by atoms with van der Waals surface area (Å²) in [6.45, 7) is 2.30. The van der Waals surface area contributed by atoms with Gasteiger partial charge in [0.15, 0.2) is 0 Å². The Kier molecular flexibility index (Phi) is 8.94. The fourth-order valence-electron chi connectivity index (χ4n) is 0.827. The zero-order valence-electron chi connectivity index (χ0n) is 7.41. The first-order chi connectivity index (χ1) is 5.57. The van der Waals surface area contributed by atoms with Crippen LogP contribution >= 0.6 is 13.5 Å². The maximum Gasteiger partial charge on any atom is 0.320 e. The van der Waals surface area contributed by atoms with Gasteiger partial charge in [-0.25, -0.2) is 0 Å². The Balaban J connectivity index is 0. The Morgan fingerprint density at radius 3 is 2.23 bits per heavy atom. The van der Waals surface area contributed by atoms with Gasteiger partial charge in [0, 0.05) is 6.42 Å². The second kappa shape index (κ2) is 7.88. The molecule has 78 valence electrons. The van der Waals surface area contributed by atoms with Crippen LogP contribution in [-0.2, 0) is 9.59 Å². The fraction of sp³-hybridized carbons (Fsp3) is 0.714. The quantitative estimate of drug-likeness (QED) is 0.574. The van der Waals surface area contributed by atoms with E-state index >= 15 is 0 Å². The number of likely N-dealkylation sites (N-methyl/N-ethyl adjacent to an activating group) is 1. The van der Waals surface area contributed by atoms with Crippen molar-refractivity contribution >= 4 is 25.4 Å². The van der Waals surface area contributed by atoms with Crippen LogP contribution in [0.2, 0.25) is 0 Å². The molecule has 1 unspecified atom stereocenters. The van der Waals surface area contributed by atoms with E-state index in [-0.39, 0.29) is 26.3 Å². The van der Waals surface area contributed by atoms with Crippen molar-refractivity contribution in [3.05, 3.63) is 0 Å². The van der Waals surface area contributed by atoms with Gasteiger partial charge in [-0.05, 0) is 13.0 Å². The normalized spacial score (nSPS) is 11.5. The molecule has 3 N–H and O–H groups in total. The minimum absolute atomic E-state index is 0. The number of aliphatic carboxylic acids is 2. The zero-order valence-corrected chi connectivity index (χ0v) is 8.41. The Bertz CT molecular complexity index is 174. The highest BCUT2D eigenvalue weighted by atomic mass is 32.1. The third-order valence-electron chi connectivity index (χ3n) is 1.40. The van der Waals surface area contributed by atoms with E-state index in [9.17, 15) is 9.59 Å². The van der Waals surface area contributed by atoms with E-state index in [1.54, 1.807) is 6.92 Å². The van der Waals surface area contributed by atoms with Crippen molar-refractivity contribution in [2.75, 3.05) is 6.54 Å². The van der Waals surface area contributed by atoms with E-state index in [4.69, 9.17) is 10.2 Å². The summed E-state index contributed by atoms with van der Waals surface area (Å²) in [7, 11) is 0. The molecule has 0 radical (unpaired) electrons. The molecule has 13 heavy (non-hydrogen) atoms. The van der Waals surface area contributed by atoms with Gasteiger partial charge in [0.1, 0.15) is 6.04 Å². The van der Waals surface area contributed by atoms with Crippen LogP contribution in [0, 0.1) is 0 Å². The van der Waals surface area contributed by atoms with E-state index in [0.29, 0.717) is 6.54 Å². The van der Waals surface area contributed by atoms with Crippen LogP contribution in [0.3, 0.4) is 0 Å². The Morgan fingerprint density at radius 2 is 1.92 bits per heavy atom. The largest absolute Gasteiger partial charge is 0.481 e. The first-order valence-electron chi connectivity index (χ1n) is 3.76. The Labute approximate surface area is 83.6 Å². The van der Waals surface area contributed by atoms with Gasteiger partial charge in [-0.3, -0.25) is 9.59 Å². The average Bonchev–Trinajstić information content (AvgIpc) is 1.96. The van der Waals surface area contributed by atoms with Gasteiger partial charge in [-0.2, -0.15) is 13.5 Å². The molecule has 0 fully saturated rings. The standard InChI is InChI=1S/C7H13NO4.H2S/c1-2-8-5(7(11)12)3-4-6(9)10;/h5,8H,2-4H2,1H3,(H,9,10)(H,11,12);1H2. The predicted octanol–water partition coefficient (Wildman–Crippen LogP) is 0.0267. The molecule has 0 saturated heterocycles. The van der Waals surface area contributed by atoms with Crippen molar-refractivity contribution in [1.29, 1.82) is 0 Å². The van der Waals surface area contributed by atoms with Crippen LogP contribution in [0.1, 0.15) is 19.8 Å². The smallest absolute Gasteiger partial charge is 0.320 e. The molecule has 0 rings (SSSR count). The molecule has 0 bridgehead atoms. The molecule has 0 aliphatic rings. The first kappa shape index (κ1) is 14.8. The molecular formula is C7H15NO4S. The minimum atomic E-state index is -1.00. The monoisotopic (exact) mass is 209 g/mol. The zero-order chi connectivity index (χ0) is 9.56. The predicted molar refractivity (Wildman–Crippen MR) is 52.4 cm³/mol. The highest BCUT2D eigenvalue weighted by molar-refractivity contribution is 7.59. The first-order valence-corrected chi connectivity index (χ1v) is 3.76. The fourth-order valence-corrected chi connectivity index (χ4v) is 0.827. The van der Waals surface area contributed by atoms with Gasteiger partial charge < -0.3 is 15.5 Å². The number of hydrogen-bond donors (Lipinski definition) is 3. The summed E-state index contributed by atoms with van der Waals surface area (Å²) in [5.74, 6) is -1.97. The van der Waals surface area contributed by atoms with Crippen molar-refractivity contribution in [3.63, 3.8) is 0 Å². The summed E-state index contributed by atoms with van der Waals surface area (Å²) >= 11 is 0. The Hall–Kier alpha value is -0.750. The lowest BCUT2D eigenvalue weighted by Gasteiger charge is -2.10. The van der Waals surface area contributed by atoms with E-state index in [1.165, 1.54) is 0 Å². The van der Waals surface area contributed by atoms with Crippen LogP contribution < -0.4 is 5.32 Å². The molecule has 0 aromatic carbocycles. The molecule has 6 heteroatoms. The molecular weight excluding hydrogens is 194 g/mol. The van der Waals surface area contributed by atoms with Crippen LogP contribution in [0.4, 0.5) is 0 Å². The molecule has 0 saturated carbocycles. The van der Waals surface area contributed by atoms with Gasteiger partial charge in [0.05, 0.1) is 0 Å². The lowest BCUT2D eigenvalue weighted by Crippen LogP contribution is -2.36. The summed E-state index contributed by atoms with van der Waals surface area (Å²) in [6, 6.07) is -0.744. The molecule has 0 amide bonds. The van der Waals surface area contributed by atoms with Crippen molar-refractivity contribution in [3.8, 4) is 0 Å². The third-order valence-corrected chi connectivity index (χ3v) is 1.40. The van der Waals surface area contributed by atoms with Crippen LogP contribution in [-0.4, -0.2) is 34.7 Å². The number of carboxylic acid groups (broad SMARTS) is 2. The van der Waals surface area contributed by atoms with E-state index < -0.39 is 18.0 Å². The van der Waals surface area contributed by atoms with Gasteiger partial charge >= 0.3 is 11.9 Å². The average molecular weight is 209 g/mol. The number of carbonyl (C=O) groups is 2. The highest BCUT2D eigenvalue weighted by Gasteiger charge is 2.16. The summed E-state index contributed by atoms with van der Waals surface area (Å²) in [4.78, 5) is 20.6. The van der Waals surface area contributed by atoms with E-state index in [1.807, 2.05) is 0 Å². The summed E-state index contributed by atoms with van der Waals surface area (Å²) < 4.78 is 0. The number of carboxylic acids is 2. The summed E-state index contributed by atoms with van der Waals surface area (Å²) in [6.07, 6.45) is 0.00245. The SMILES string of the molecule is CCNC(CCC(=O)O)C(=O)O.S.